The second-order valence-corrected chi connectivity index (χ2v) is 6.47. The Bertz CT molecular complexity index is 775. The van der Waals surface area contributed by atoms with Gasteiger partial charge in [0.15, 0.2) is 23.1 Å². The van der Waals surface area contributed by atoms with E-state index in [-0.39, 0.29) is 30.8 Å². The lowest BCUT2D eigenvalue weighted by molar-refractivity contribution is -0.116. The third-order valence-electron chi connectivity index (χ3n) is 4.47. The number of halogens is 1. The third-order valence-corrected chi connectivity index (χ3v) is 4.47. The highest BCUT2D eigenvalue weighted by Crippen LogP contribution is 2.34. The highest BCUT2D eigenvalue weighted by Gasteiger charge is 2.19. The summed E-state index contributed by atoms with van der Waals surface area (Å²) in [5, 5.41) is 2.81. The second kappa shape index (κ2) is 9.26. The van der Waals surface area contributed by atoms with E-state index in [0.29, 0.717) is 17.2 Å². The van der Waals surface area contributed by atoms with Crippen molar-refractivity contribution in [3.63, 3.8) is 0 Å². The van der Waals surface area contributed by atoms with E-state index in [0.717, 1.165) is 12.8 Å². The first-order chi connectivity index (χ1) is 13.2. The molecule has 3 rings (SSSR count). The number of nitrogens with one attached hydrogen (secondary N) is 1. The topological polar surface area (TPSA) is 56.8 Å². The predicted octanol–water partition coefficient (Wildman–Crippen LogP) is 4.56. The normalized spacial score (nSPS) is 14.0. The number of rotatable bonds is 8. The van der Waals surface area contributed by atoms with Gasteiger partial charge in [0, 0.05) is 11.8 Å². The van der Waals surface area contributed by atoms with Crippen molar-refractivity contribution < 1.29 is 23.4 Å². The Labute approximate surface area is 158 Å². The van der Waals surface area contributed by atoms with Crippen molar-refractivity contribution in [2.45, 2.75) is 38.2 Å². The van der Waals surface area contributed by atoms with Gasteiger partial charge < -0.3 is 19.5 Å². The van der Waals surface area contributed by atoms with Gasteiger partial charge in [0.1, 0.15) is 0 Å². The predicted molar refractivity (Wildman–Crippen MR) is 101 cm³/mol. The van der Waals surface area contributed by atoms with Gasteiger partial charge in [-0.15, -0.1) is 0 Å². The Kier molecular flexibility index (Phi) is 6.52. The Hall–Kier alpha value is -2.76. The Balaban J connectivity index is 1.54. The van der Waals surface area contributed by atoms with Gasteiger partial charge in [0.2, 0.25) is 5.91 Å². The van der Waals surface area contributed by atoms with Gasteiger partial charge in [0.05, 0.1) is 26.2 Å². The molecule has 0 heterocycles. The van der Waals surface area contributed by atoms with E-state index >= 15 is 0 Å². The lowest BCUT2D eigenvalue weighted by atomic mass is 10.2. The number of carbonyl (C=O) groups excluding carboxylic acids is 1. The fourth-order valence-electron chi connectivity index (χ4n) is 3.07. The third kappa shape index (κ3) is 5.36. The van der Waals surface area contributed by atoms with Crippen molar-refractivity contribution in [3.8, 4) is 17.2 Å². The van der Waals surface area contributed by atoms with E-state index in [4.69, 9.17) is 14.2 Å². The Morgan fingerprint density at radius 3 is 2.63 bits per heavy atom. The summed E-state index contributed by atoms with van der Waals surface area (Å²) in [6.45, 7) is 0.0916. The fraction of sp³-hybridized carbons (Fsp3) is 0.381. The van der Waals surface area contributed by atoms with Crippen LogP contribution in [0.15, 0.2) is 42.5 Å². The van der Waals surface area contributed by atoms with Crippen LogP contribution in [0.5, 0.6) is 17.2 Å². The zero-order valence-electron chi connectivity index (χ0n) is 15.4. The SMILES string of the molecule is COc1ccc(NC(=O)CCOc2ccccc2F)cc1OC1CCCC1. The van der Waals surface area contributed by atoms with Crippen molar-refractivity contribution in [2.24, 2.45) is 0 Å². The molecule has 0 aromatic heterocycles. The zero-order chi connectivity index (χ0) is 19.1. The van der Waals surface area contributed by atoms with Crippen molar-refractivity contribution in [1.29, 1.82) is 0 Å². The molecule has 0 radical (unpaired) electrons. The van der Waals surface area contributed by atoms with Gasteiger partial charge in [-0.2, -0.15) is 0 Å². The summed E-state index contributed by atoms with van der Waals surface area (Å²) in [7, 11) is 1.59. The van der Waals surface area contributed by atoms with Crippen LogP contribution in [0, 0.1) is 5.82 Å². The molecule has 2 aromatic rings. The molecule has 2 aromatic carbocycles. The van der Waals surface area contributed by atoms with Crippen LogP contribution in [0.3, 0.4) is 0 Å². The van der Waals surface area contributed by atoms with E-state index in [1.54, 1.807) is 37.4 Å². The average Bonchev–Trinajstić information content (AvgIpc) is 3.17. The minimum atomic E-state index is -0.443. The number of methoxy groups -OCH3 is 1. The van der Waals surface area contributed by atoms with Gasteiger partial charge >= 0.3 is 0 Å². The molecule has 27 heavy (non-hydrogen) atoms. The monoisotopic (exact) mass is 373 g/mol. The lowest BCUT2D eigenvalue weighted by Crippen LogP contribution is -2.16. The number of amides is 1. The molecule has 1 aliphatic rings. The standard InChI is InChI=1S/C21H24FNO4/c1-25-19-11-10-15(14-20(19)27-16-6-2-3-7-16)23-21(24)12-13-26-18-9-5-4-8-17(18)22/h4-5,8-11,14,16H,2-3,6-7,12-13H2,1H3,(H,23,24). The van der Waals surface area contributed by atoms with Crippen molar-refractivity contribution in [2.75, 3.05) is 19.0 Å². The highest BCUT2D eigenvalue weighted by atomic mass is 19.1. The lowest BCUT2D eigenvalue weighted by Gasteiger charge is -2.17. The van der Waals surface area contributed by atoms with Crippen LogP contribution in [0.1, 0.15) is 32.1 Å². The molecular weight excluding hydrogens is 349 g/mol. The van der Waals surface area contributed by atoms with E-state index in [1.165, 1.54) is 25.0 Å². The first-order valence-electron chi connectivity index (χ1n) is 9.17. The van der Waals surface area contributed by atoms with Gasteiger partial charge in [-0.3, -0.25) is 4.79 Å². The maximum atomic E-state index is 13.5. The van der Waals surface area contributed by atoms with E-state index in [1.807, 2.05) is 0 Å². The number of carbonyl (C=O) groups is 1. The molecule has 0 spiro atoms. The maximum absolute atomic E-state index is 13.5. The maximum Gasteiger partial charge on any atom is 0.227 e. The van der Waals surface area contributed by atoms with Gasteiger partial charge in [-0.1, -0.05) is 12.1 Å². The molecule has 5 nitrogen and oxygen atoms in total. The molecule has 144 valence electrons. The number of ether oxygens (including phenoxy) is 3. The van der Waals surface area contributed by atoms with Crippen LogP contribution in [0.4, 0.5) is 10.1 Å². The molecule has 1 aliphatic carbocycles. The molecule has 0 saturated heterocycles. The van der Waals surface area contributed by atoms with E-state index in [9.17, 15) is 9.18 Å². The van der Waals surface area contributed by atoms with Crippen LogP contribution >= 0.6 is 0 Å². The van der Waals surface area contributed by atoms with Crippen LogP contribution in [-0.2, 0) is 4.79 Å². The number of hydrogen-bond donors (Lipinski definition) is 1. The summed E-state index contributed by atoms with van der Waals surface area (Å²) >= 11 is 0. The largest absolute Gasteiger partial charge is 0.493 e. The first kappa shape index (κ1) is 19.0. The molecule has 1 N–H and O–H groups in total. The molecule has 1 saturated carbocycles. The van der Waals surface area contributed by atoms with Crippen LogP contribution < -0.4 is 19.5 Å². The number of para-hydroxylation sites is 1. The molecule has 0 atom stereocenters. The molecule has 1 fully saturated rings. The molecule has 0 unspecified atom stereocenters. The molecular formula is C21H24FNO4. The van der Waals surface area contributed by atoms with Crippen molar-refractivity contribution in [3.05, 3.63) is 48.3 Å². The summed E-state index contributed by atoms with van der Waals surface area (Å²) < 4.78 is 30.2. The zero-order valence-corrected chi connectivity index (χ0v) is 15.4. The van der Waals surface area contributed by atoms with Crippen molar-refractivity contribution in [1.82, 2.24) is 0 Å². The average molecular weight is 373 g/mol. The molecule has 6 heteroatoms. The number of anilines is 1. The highest BCUT2D eigenvalue weighted by molar-refractivity contribution is 5.91. The Morgan fingerprint density at radius 1 is 1.11 bits per heavy atom. The number of hydrogen-bond acceptors (Lipinski definition) is 4. The van der Waals surface area contributed by atoms with Gasteiger partial charge in [-0.05, 0) is 49.9 Å². The minimum absolute atomic E-state index is 0.0916. The van der Waals surface area contributed by atoms with E-state index in [2.05, 4.69) is 5.32 Å². The smallest absolute Gasteiger partial charge is 0.227 e. The fourth-order valence-corrected chi connectivity index (χ4v) is 3.07. The summed E-state index contributed by atoms with van der Waals surface area (Å²) in [6, 6.07) is 11.4. The Morgan fingerprint density at radius 2 is 1.89 bits per heavy atom. The quantitative estimate of drug-likeness (QED) is 0.737. The van der Waals surface area contributed by atoms with E-state index < -0.39 is 5.82 Å². The van der Waals surface area contributed by atoms with Crippen LogP contribution in [0.25, 0.3) is 0 Å². The van der Waals surface area contributed by atoms with Crippen LogP contribution in [0.2, 0.25) is 0 Å². The van der Waals surface area contributed by atoms with Gasteiger partial charge in [-0.25, -0.2) is 4.39 Å². The van der Waals surface area contributed by atoms with Crippen LogP contribution in [-0.4, -0.2) is 25.7 Å². The first-order valence-corrected chi connectivity index (χ1v) is 9.17. The molecule has 1 amide bonds. The summed E-state index contributed by atoms with van der Waals surface area (Å²) in [6.07, 6.45) is 4.72. The van der Waals surface area contributed by atoms with Crippen molar-refractivity contribution >= 4 is 11.6 Å². The second-order valence-electron chi connectivity index (χ2n) is 6.47. The van der Waals surface area contributed by atoms with Gasteiger partial charge in [0.25, 0.3) is 0 Å². The number of benzene rings is 2. The molecule has 0 aliphatic heterocycles. The molecule has 0 bridgehead atoms. The summed E-state index contributed by atoms with van der Waals surface area (Å²) in [5.41, 5.74) is 0.625. The minimum Gasteiger partial charge on any atom is -0.493 e. The summed E-state index contributed by atoms with van der Waals surface area (Å²) in [5.74, 6) is 0.750. The summed E-state index contributed by atoms with van der Waals surface area (Å²) in [4.78, 5) is 12.1.